The highest BCUT2D eigenvalue weighted by Crippen LogP contribution is 2.17. The van der Waals surface area contributed by atoms with Gasteiger partial charge in [-0.3, -0.25) is 14.3 Å². The quantitative estimate of drug-likeness (QED) is 0.802. The first-order valence-electron chi connectivity index (χ1n) is 7.87. The van der Waals surface area contributed by atoms with E-state index in [0.29, 0.717) is 0 Å². The Balaban J connectivity index is 2.12. The van der Waals surface area contributed by atoms with Crippen LogP contribution in [0, 0.1) is 6.92 Å². The summed E-state index contributed by atoms with van der Waals surface area (Å²) in [5.41, 5.74) is 1.47. The molecule has 0 bridgehead atoms. The summed E-state index contributed by atoms with van der Waals surface area (Å²) in [5, 5.41) is 2.50. The molecule has 7 nitrogen and oxygen atoms in total. The van der Waals surface area contributed by atoms with Gasteiger partial charge >= 0.3 is 0 Å². The summed E-state index contributed by atoms with van der Waals surface area (Å²) >= 11 is 0. The second kappa shape index (κ2) is 8.01. The molecule has 0 saturated heterocycles. The van der Waals surface area contributed by atoms with Gasteiger partial charge in [0, 0.05) is 25.3 Å². The molecule has 26 heavy (non-hydrogen) atoms. The number of hydrogen-bond donors (Lipinski definition) is 2. The predicted molar refractivity (Wildman–Crippen MR) is 99.5 cm³/mol. The van der Waals surface area contributed by atoms with Gasteiger partial charge in [0.1, 0.15) is 0 Å². The molecule has 2 aromatic carbocycles. The second-order valence-corrected chi connectivity index (χ2v) is 7.65. The maximum absolute atomic E-state index is 12.4. The standard InChI is InChI=1S/C18H21N3O4S/c1-13-7-9-16(10-8-13)26(24,25)20-15-6-4-5-14(11-15)18(23)19-12-17(22)21(2)3/h4-11,20H,12H2,1-3H3,(H,19,23). The Morgan fingerprint density at radius 2 is 1.69 bits per heavy atom. The van der Waals surface area contributed by atoms with Crippen LogP contribution in [0.25, 0.3) is 0 Å². The molecule has 0 atom stereocenters. The number of sulfonamides is 1. The number of anilines is 1. The molecule has 2 aromatic rings. The Morgan fingerprint density at radius 3 is 2.31 bits per heavy atom. The van der Waals surface area contributed by atoms with Gasteiger partial charge in [0.25, 0.3) is 15.9 Å². The number of rotatable bonds is 6. The summed E-state index contributed by atoms with van der Waals surface area (Å²) in [7, 11) is -0.568. The van der Waals surface area contributed by atoms with E-state index in [0.717, 1.165) is 5.56 Å². The Bertz CT molecular complexity index is 906. The lowest BCUT2D eigenvalue weighted by Gasteiger charge is -2.12. The van der Waals surface area contributed by atoms with Gasteiger partial charge in [-0.2, -0.15) is 0 Å². The van der Waals surface area contributed by atoms with Gasteiger partial charge < -0.3 is 10.2 Å². The van der Waals surface area contributed by atoms with Crippen LogP contribution in [0.1, 0.15) is 15.9 Å². The molecular weight excluding hydrogens is 354 g/mol. The van der Waals surface area contributed by atoms with Gasteiger partial charge in [0.2, 0.25) is 5.91 Å². The molecular formula is C18H21N3O4S. The van der Waals surface area contributed by atoms with Crippen molar-refractivity contribution < 1.29 is 18.0 Å². The van der Waals surface area contributed by atoms with Gasteiger partial charge in [-0.1, -0.05) is 23.8 Å². The van der Waals surface area contributed by atoms with Crippen molar-refractivity contribution in [1.29, 1.82) is 0 Å². The molecule has 2 rings (SSSR count). The van der Waals surface area contributed by atoms with E-state index in [1.165, 1.54) is 23.1 Å². The summed E-state index contributed by atoms with van der Waals surface area (Å²) in [6, 6.07) is 12.5. The maximum Gasteiger partial charge on any atom is 0.261 e. The smallest absolute Gasteiger partial charge is 0.261 e. The number of carbonyl (C=O) groups excluding carboxylic acids is 2. The minimum absolute atomic E-state index is 0.134. The molecule has 0 aliphatic carbocycles. The minimum atomic E-state index is -3.75. The van der Waals surface area contributed by atoms with Crippen molar-refractivity contribution in [1.82, 2.24) is 10.2 Å². The molecule has 8 heteroatoms. The van der Waals surface area contributed by atoms with Gasteiger partial charge in [0.15, 0.2) is 0 Å². The van der Waals surface area contributed by atoms with Crippen molar-refractivity contribution in [2.75, 3.05) is 25.4 Å². The third-order valence-electron chi connectivity index (χ3n) is 3.61. The van der Waals surface area contributed by atoms with E-state index in [-0.39, 0.29) is 28.6 Å². The maximum atomic E-state index is 12.4. The van der Waals surface area contributed by atoms with Crippen molar-refractivity contribution in [3.8, 4) is 0 Å². The first-order chi connectivity index (χ1) is 12.2. The first kappa shape index (κ1) is 19.5. The molecule has 0 spiro atoms. The highest BCUT2D eigenvalue weighted by atomic mass is 32.2. The molecule has 0 heterocycles. The summed E-state index contributed by atoms with van der Waals surface area (Å²) in [4.78, 5) is 25.2. The molecule has 0 unspecified atom stereocenters. The fourth-order valence-electron chi connectivity index (χ4n) is 2.07. The van der Waals surface area contributed by atoms with E-state index in [1.54, 1.807) is 44.4 Å². The van der Waals surface area contributed by atoms with Gasteiger partial charge in [-0.05, 0) is 37.3 Å². The molecule has 2 N–H and O–H groups in total. The van der Waals surface area contributed by atoms with Crippen molar-refractivity contribution in [3.05, 3.63) is 59.7 Å². The first-order valence-corrected chi connectivity index (χ1v) is 9.35. The van der Waals surface area contributed by atoms with Crippen LogP contribution in [-0.2, 0) is 14.8 Å². The van der Waals surface area contributed by atoms with Crippen LogP contribution in [0.3, 0.4) is 0 Å². The van der Waals surface area contributed by atoms with Crippen LogP contribution in [0.5, 0.6) is 0 Å². The van der Waals surface area contributed by atoms with E-state index in [1.807, 2.05) is 6.92 Å². The van der Waals surface area contributed by atoms with Crippen LogP contribution in [-0.4, -0.2) is 45.8 Å². The topological polar surface area (TPSA) is 95.6 Å². The molecule has 0 aromatic heterocycles. The van der Waals surface area contributed by atoms with Gasteiger partial charge in [0.05, 0.1) is 11.4 Å². The Hall–Kier alpha value is -2.87. The van der Waals surface area contributed by atoms with E-state index >= 15 is 0 Å². The van der Waals surface area contributed by atoms with Crippen molar-refractivity contribution in [2.24, 2.45) is 0 Å². The van der Waals surface area contributed by atoms with Gasteiger partial charge in [-0.25, -0.2) is 8.42 Å². The van der Waals surface area contributed by atoms with E-state index in [2.05, 4.69) is 10.0 Å². The number of nitrogens with one attached hydrogen (secondary N) is 2. The Morgan fingerprint density at radius 1 is 1.04 bits per heavy atom. The fourth-order valence-corrected chi connectivity index (χ4v) is 3.12. The molecule has 2 amide bonds. The lowest BCUT2D eigenvalue weighted by Crippen LogP contribution is -2.36. The number of benzene rings is 2. The highest BCUT2D eigenvalue weighted by Gasteiger charge is 2.15. The number of carbonyl (C=O) groups is 2. The molecule has 0 aliphatic rings. The number of amides is 2. The fraction of sp³-hybridized carbons (Fsp3) is 0.222. The largest absolute Gasteiger partial charge is 0.347 e. The molecule has 0 fully saturated rings. The minimum Gasteiger partial charge on any atom is -0.347 e. The SMILES string of the molecule is Cc1ccc(S(=O)(=O)Nc2cccc(C(=O)NCC(=O)N(C)C)c2)cc1. The molecule has 138 valence electrons. The second-order valence-electron chi connectivity index (χ2n) is 5.97. The summed E-state index contributed by atoms with van der Waals surface area (Å²) in [5.74, 6) is -0.703. The van der Waals surface area contributed by atoms with Crippen LogP contribution < -0.4 is 10.0 Å². The zero-order valence-corrected chi connectivity index (χ0v) is 15.6. The van der Waals surface area contributed by atoms with Crippen molar-refractivity contribution in [2.45, 2.75) is 11.8 Å². The average Bonchev–Trinajstić information content (AvgIpc) is 2.59. The van der Waals surface area contributed by atoms with E-state index in [4.69, 9.17) is 0 Å². The molecule has 0 aliphatic heterocycles. The van der Waals surface area contributed by atoms with Gasteiger partial charge in [-0.15, -0.1) is 0 Å². The van der Waals surface area contributed by atoms with Crippen LogP contribution in [0.4, 0.5) is 5.69 Å². The summed E-state index contributed by atoms with van der Waals surface area (Å²) < 4.78 is 27.3. The number of aryl methyl sites for hydroxylation is 1. The predicted octanol–water partition coefficient (Wildman–Crippen LogP) is 1.61. The van der Waals surface area contributed by atoms with Crippen LogP contribution in [0.15, 0.2) is 53.4 Å². The lowest BCUT2D eigenvalue weighted by molar-refractivity contribution is -0.127. The Kier molecular flexibility index (Phi) is 5.99. The zero-order chi connectivity index (χ0) is 19.3. The number of hydrogen-bond acceptors (Lipinski definition) is 4. The summed E-state index contributed by atoms with van der Waals surface area (Å²) in [6.07, 6.45) is 0. The van der Waals surface area contributed by atoms with Crippen molar-refractivity contribution in [3.63, 3.8) is 0 Å². The zero-order valence-electron chi connectivity index (χ0n) is 14.8. The Labute approximate surface area is 153 Å². The normalized spacial score (nSPS) is 10.9. The number of likely N-dealkylation sites (N-methyl/N-ethyl adjacent to an activating group) is 1. The average molecular weight is 375 g/mol. The highest BCUT2D eigenvalue weighted by molar-refractivity contribution is 7.92. The van der Waals surface area contributed by atoms with E-state index in [9.17, 15) is 18.0 Å². The molecule has 0 saturated carbocycles. The van der Waals surface area contributed by atoms with Crippen molar-refractivity contribution >= 4 is 27.5 Å². The number of nitrogens with zero attached hydrogens (tertiary/aromatic N) is 1. The summed E-state index contributed by atoms with van der Waals surface area (Å²) in [6.45, 7) is 1.73. The molecule has 0 radical (unpaired) electrons. The monoisotopic (exact) mass is 375 g/mol. The lowest BCUT2D eigenvalue weighted by atomic mass is 10.2. The van der Waals surface area contributed by atoms with Crippen LogP contribution in [0.2, 0.25) is 0 Å². The van der Waals surface area contributed by atoms with E-state index < -0.39 is 15.9 Å². The third-order valence-corrected chi connectivity index (χ3v) is 5.00. The van der Waals surface area contributed by atoms with Crippen LogP contribution >= 0.6 is 0 Å². The third kappa shape index (κ3) is 5.06.